The summed E-state index contributed by atoms with van der Waals surface area (Å²) < 4.78 is 26.6. The third-order valence-electron chi connectivity index (χ3n) is 4.90. The van der Waals surface area contributed by atoms with E-state index >= 15 is 0 Å². The quantitative estimate of drug-likeness (QED) is 0.478. The lowest BCUT2D eigenvalue weighted by Crippen LogP contribution is -2.23. The topological polar surface area (TPSA) is 75.3 Å². The summed E-state index contributed by atoms with van der Waals surface area (Å²) in [5.74, 6) is -0.288. The molecule has 0 atom stereocenters. The summed E-state index contributed by atoms with van der Waals surface area (Å²) in [6.07, 6.45) is 2.31. The van der Waals surface area contributed by atoms with Gasteiger partial charge in [-0.2, -0.15) is 0 Å². The highest BCUT2D eigenvalue weighted by Crippen LogP contribution is 2.37. The standard InChI is InChI=1S/C23H20N2O3S/c1-2-13-24-29(27,28)20-10-7-16(8-11-20)23(26)25-19-9-12-22-18(15-19)14-17-5-3-4-6-21(17)22/h2-12,15,24H,1,13-14H2,(H,25,26). The molecular formula is C23H20N2O3S. The van der Waals surface area contributed by atoms with Crippen LogP contribution in [0, 0.1) is 0 Å². The largest absolute Gasteiger partial charge is 0.322 e. The van der Waals surface area contributed by atoms with Crippen molar-refractivity contribution in [2.24, 2.45) is 0 Å². The molecule has 0 heterocycles. The second-order valence-electron chi connectivity index (χ2n) is 6.82. The van der Waals surface area contributed by atoms with E-state index in [0.717, 1.165) is 6.42 Å². The summed E-state index contributed by atoms with van der Waals surface area (Å²) in [6.45, 7) is 3.63. The molecule has 1 aliphatic rings. The Labute approximate surface area is 170 Å². The number of carbonyl (C=O) groups excluding carboxylic acids is 1. The van der Waals surface area contributed by atoms with Gasteiger partial charge < -0.3 is 5.32 Å². The average molecular weight is 404 g/mol. The SMILES string of the molecule is C=CCNS(=O)(=O)c1ccc(C(=O)Nc2ccc3c(c2)Cc2ccccc2-3)cc1. The molecule has 146 valence electrons. The molecule has 1 amide bonds. The number of amides is 1. The summed E-state index contributed by atoms with van der Waals surface area (Å²) in [6, 6.07) is 20.0. The first-order valence-corrected chi connectivity index (χ1v) is 10.7. The van der Waals surface area contributed by atoms with Gasteiger partial charge in [-0.25, -0.2) is 13.1 Å². The monoisotopic (exact) mass is 404 g/mol. The van der Waals surface area contributed by atoms with Crippen LogP contribution in [0.5, 0.6) is 0 Å². The molecule has 0 aromatic heterocycles. The van der Waals surface area contributed by atoms with Crippen LogP contribution < -0.4 is 10.0 Å². The van der Waals surface area contributed by atoms with E-state index in [4.69, 9.17) is 0 Å². The number of benzene rings is 3. The fourth-order valence-corrected chi connectivity index (χ4v) is 4.46. The van der Waals surface area contributed by atoms with Gasteiger partial charge >= 0.3 is 0 Å². The minimum absolute atomic E-state index is 0.103. The molecule has 2 N–H and O–H groups in total. The van der Waals surface area contributed by atoms with E-state index in [1.165, 1.54) is 52.6 Å². The Morgan fingerprint density at radius 3 is 2.45 bits per heavy atom. The van der Waals surface area contributed by atoms with Gasteiger partial charge in [0.2, 0.25) is 10.0 Å². The second-order valence-corrected chi connectivity index (χ2v) is 8.59. The van der Waals surface area contributed by atoms with Gasteiger partial charge in [0.15, 0.2) is 0 Å². The van der Waals surface area contributed by atoms with Crippen LogP contribution in [-0.2, 0) is 16.4 Å². The van der Waals surface area contributed by atoms with E-state index < -0.39 is 10.0 Å². The number of hydrogen-bond acceptors (Lipinski definition) is 3. The first kappa shape index (κ1) is 19.1. The van der Waals surface area contributed by atoms with Crippen LogP contribution in [0.1, 0.15) is 21.5 Å². The van der Waals surface area contributed by atoms with Crippen LogP contribution in [0.4, 0.5) is 5.69 Å². The molecule has 3 aromatic carbocycles. The molecule has 0 saturated heterocycles. The van der Waals surface area contributed by atoms with E-state index in [2.05, 4.69) is 28.8 Å². The highest BCUT2D eigenvalue weighted by molar-refractivity contribution is 7.89. The van der Waals surface area contributed by atoms with E-state index in [9.17, 15) is 13.2 Å². The molecule has 4 rings (SSSR count). The Bertz CT molecular complexity index is 1200. The molecule has 0 spiro atoms. The van der Waals surface area contributed by atoms with Crippen LogP contribution in [0.3, 0.4) is 0 Å². The van der Waals surface area contributed by atoms with Crippen molar-refractivity contribution in [2.45, 2.75) is 11.3 Å². The Hall–Kier alpha value is -3.22. The lowest BCUT2D eigenvalue weighted by Gasteiger charge is -2.09. The van der Waals surface area contributed by atoms with Gasteiger partial charge in [-0.1, -0.05) is 36.4 Å². The van der Waals surface area contributed by atoms with Crippen LogP contribution in [0.15, 0.2) is 84.3 Å². The van der Waals surface area contributed by atoms with Crippen molar-refractivity contribution in [1.82, 2.24) is 4.72 Å². The molecule has 0 radical (unpaired) electrons. The highest BCUT2D eigenvalue weighted by Gasteiger charge is 2.19. The van der Waals surface area contributed by atoms with Crippen LogP contribution in [0.2, 0.25) is 0 Å². The number of hydrogen-bond donors (Lipinski definition) is 2. The first-order valence-electron chi connectivity index (χ1n) is 9.21. The molecule has 0 bridgehead atoms. The van der Waals surface area contributed by atoms with Gasteiger partial charge in [-0.3, -0.25) is 4.79 Å². The molecule has 29 heavy (non-hydrogen) atoms. The van der Waals surface area contributed by atoms with E-state index in [-0.39, 0.29) is 17.3 Å². The first-order chi connectivity index (χ1) is 14.0. The molecular weight excluding hydrogens is 384 g/mol. The molecule has 1 aliphatic carbocycles. The molecule has 0 fully saturated rings. The number of sulfonamides is 1. The third-order valence-corrected chi connectivity index (χ3v) is 6.34. The summed E-state index contributed by atoms with van der Waals surface area (Å²) in [5.41, 5.74) is 6.00. The van der Waals surface area contributed by atoms with Crippen molar-refractivity contribution in [3.8, 4) is 11.1 Å². The molecule has 3 aromatic rings. The van der Waals surface area contributed by atoms with E-state index in [0.29, 0.717) is 11.3 Å². The maximum absolute atomic E-state index is 12.6. The number of carbonyl (C=O) groups is 1. The Kier molecular flexibility index (Phi) is 5.05. The third kappa shape index (κ3) is 3.85. The van der Waals surface area contributed by atoms with Gasteiger partial charge in [0.05, 0.1) is 4.90 Å². The van der Waals surface area contributed by atoms with Crippen molar-refractivity contribution in [3.05, 3.63) is 96.1 Å². The molecule has 5 nitrogen and oxygen atoms in total. The van der Waals surface area contributed by atoms with Gasteiger partial charge in [-0.15, -0.1) is 6.58 Å². The lowest BCUT2D eigenvalue weighted by atomic mass is 10.1. The molecule has 0 aliphatic heterocycles. The molecule has 6 heteroatoms. The van der Waals surface area contributed by atoms with Gasteiger partial charge in [0.25, 0.3) is 5.91 Å². The zero-order valence-electron chi connectivity index (χ0n) is 15.7. The molecule has 0 saturated carbocycles. The minimum Gasteiger partial charge on any atom is -0.322 e. The van der Waals surface area contributed by atoms with Crippen LogP contribution >= 0.6 is 0 Å². The maximum Gasteiger partial charge on any atom is 0.255 e. The van der Waals surface area contributed by atoms with Crippen molar-refractivity contribution in [2.75, 3.05) is 11.9 Å². The normalized spacial score (nSPS) is 12.1. The predicted molar refractivity (Wildman–Crippen MR) is 114 cm³/mol. The highest BCUT2D eigenvalue weighted by atomic mass is 32.2. The van der Waals surface area contributed by atoms with Crippen molar-refractivity contribution < 1.29 is 13.2 Å². The lowest BCUT2D eigenvalue weighted by molar-refractivity contribution is 0.102. The Balaban J connectivity index is 1.49. The summed E-state index contributed by atoms with van der Waals surface area (Å²) in [7, 11) is -3.61. The van der Waals surface area contributed by atoms with Crippen LogP contribution in [-0.4, -0.2) is 20.9 Å². The number of fused-ring (bicyclic) bond motifs is 3. The zero-order chi connectivity index (χ0) is 20.4. The number of nitrogens with one attached hydrogen (secondary N) is 2. The second kappa shape index (κ2) is 7.66. The van der Waals surface area contributed by atoms with Crippen molar-refractivity contribution in [1.29, 1.82) is 0 Å². The summed E-state index contributed by atoms with van der Waals surface area (Å²) in [5, 5.41) is 2.89. The number of anilines is 1. The smallest absolute Gasteiger partial charge is 0.255 e. The minimum atomic E-state index is -3.61. The fraction of sp³-hybridized carbons (Fsp3) is 0.0870. The summed E-state index contributed by atoms with van der Waals surface area (Å²) >= 11 is 0. The Morgan fingerprint density at radius 1 is 0.966 bits per heavy atom. The summed E-state index contributed by atoms with van der Waals surface area (Å²) in [4.78, 5) is 12.7. The average Bonchev–Trinajstić information content (AvgIpc) is 3.10. The van der Waals surface area contributed by atoms with Crippen molar-refractivity contribution in [3.63, 3.8) is 0 Å². The zero-order valence-corrected chi connectivity index (χ0v) is 16.5. The fourth-order valence-electron chi connectivity index (χ4n) is 3.46. The van der Waals surface area contributed by atoms with Crippen LogP contribution in [0.25, 0.3) is 11.1 Å². The van der Waals surface area contributed by atoms with Crippen molar-refractivity contribution >= 4 is 21.6 Å². The maximum atomic E-state index is 12.6. The Morgan fingerprint density at radius 2 is 1.69 bits per heavy atom. The predicted octanol–water partition coefficient (Wildman–Crippen LogP) is 3.97. The van der Waals surface area contributed by atoms with E-state index in [1.54, 1.807) is 0 Å². The van der Waals surface area contributed by atoms with Gasteiger partial charge in [0.1, 0.15) is 0 Å². The van der Waals surface area contributed by atoms with E-state index in [1.807, 2.05) is 30.3 Å². The van der Waals surface area contributed by atoms with Gasteiger partial charge in [-0.05, 0) is 65.1 Å². The van der Waals surface area contributed by atoms with Gasteiger partial charge in [0, 0.05) is 17.8 Å². The number of rotatable bonds is 6. The molecule has 0 unspecified atom stereocenters.